The Kier molecular flexibility index (Phi) is 67.8. The second kappa shape index (κ2) is 70.2. The van der Waals surface area contributed by atoms with E-state index < -0.39 is 97.5 Å². The number of aliphatic hydroxyl groups excluding tert-OH is 1. The molecule has 0 aliphatic heterocycles. The first kappa shape index (κ1) is 92.8. The molecule has 96 heavy (non-hydrogen) atoms. The number of hydrogen-bond donors (Lipinski definition) is 3. The lowest BCUT2D eigenvalue weighted by Gasteiger charge is -2.21. The minimum atomic E-state index is -4.97. The highest BCUT2D eigenvalue weighted by Crippen LogP contribution is 2.45. The quantitative estimate of drug-likeness (QED) is 0.0169. The summed E-state index contributed by atoms with van der Waals surface area (Å²) in [4.78, 5) is 72.8. The average Bonchev–Trinajstić information content (AvgIpc) is 1.17. The summed E-state index contributed by atoms with van der Waals surface area (Å²) in [6.07, 6.45) is 67.7. The van der Waals surface area contributed by atoms with Gasteiger partial charge in [-0.15, -0.1) is 0 Å². The maximum absolute atomic E-state index is 13.1. The molecule has 17 nitrogen and oxygen atoms in total. The number of unbranched alkanes of at least 4 members (excludes halogenated alkanes) is 37. The zero-order chi connectivity index (χ0) is 70.4. The number of ether oxygens (including phenoxy) is 4. The minimum absolute atomic E-state index is 0.0851. The molecule has 0 saturated heterocycles. The van der Waals surface area contributed by atoms with Crippen molar-refractivity contribution in [1.29, 1.82) is 0 Å². The molecule has 0 rings (SSSR count). The maximum atomic E-state index is 13.1. The first-order valence-corrected chi connectivity index (χ1v) is 41.5. The Bertz CT molecular complexity index is 2060. The molecule has 0 aliphatic carbocycles. The molecule has 560 valence electrons. The number of esters is 4. The molecular weight excluding hydrogens is 1260 g/mol. The minimum Gasteiger partial charge on any atom is -0.462 e. The SMILES string of the molecule is CCCCC/C=C\C/C=C\CCCCCCCC(=O)OC[C@H](COP(=O)(O)OC[C@@H](O)COP(=O)(O)OC[C@@H](COC(=O)CCCCCCC/C=C\CCCCCC)OC(=O)CCCCCCCCC/C=C\CCCCCC)OC(=O)CCCCCCC/C=C\CCCCCC. The van der Waals surface area contributed by atoms with E-state index in [1.54, 1.807) is 0 Å². The zero-order valence-corrected chi connectivity index (χ0v) is 62.8. The number of phosphoric ester groups is 2. The summed E-state index contributed by atoms with van der Waals surface area (Å²) in [6.45, 7) is 4.81. The van der Waals surface area contributed by atoms with Gasteiger partial charge >= 0.3 is 39.5 Å². The Labute approximate surface area is 584 Å². The standard InChI is InChI=1S/C77H140O17P2/c1-5-9-13-17-21-25-29-33-35-39-42-46-50-54-58-62-75(80)88-68-72(93-76(81)63-59-55-51-47-43-38-32-28-24-20-16-12-8-4)69-91-95(83,84)89-65-71(78)66-90-96(85,86)92-70-73(67-87-74(79)61-57-53-49-45-41-37-31-27-23-19-15-11-7-3)94-77(82)64-60-56-52-48-44-40-36-34-30-26-22-18-14-10-6-2/h21,25-28,30-33,35,71-73,78H,5-20,22-24,29,34,36-70H2,1-4H3,(H,83,84)(H,85,86)/b25-21-,30-26-,31-27-,32-28-,35-33-/t71-,72-,73-/m1/s1. The Hall–Kier alpha value is -3.24. The number of allylic oxidation sites excluding steroid dienone is 10. The molecule has 2 unspecified atom stereocenters. The van der Waals surface area contributed by atoms with Crippen molar-refractivity contribution < 1.29 is 80.2 Å². The summed E-state index contributed by atoms with van der Waals surface area (Å²) < 4.78 is 68.5. The van der Waals surface area contributed by atoms with Crippen LogP contribution < -0.4 is 0 Å². The van der Waals surface area contributed by atoms with Gasteiger partial charge in [0.25, 0.3) is 0 Å². The molecule has 0 heterocycles. The van der Waals surface area contributed by atoms with E-state index in [0.717, 1.165) is 173 Å². The molecule has 5 atom stereocenters. The van der Waals surface area contributed by atoms with Gasteiger partial charge in [0.05, 0.1) is 26.4 Å². The van der Waals surface area contributed by atoms with Crippen molar-refractivity contribution in [1.82, 2.24) is 0 Å². The molecular formula is C77H140O17P2. The monoisotopic (exact) mass is 1400 g/mol. The Morgan fingerprint density at radius 2 is 0.510 bits per heavy atom. The molecule has 0 radical (unpaired) electrons. The topological polar surface area (TPSA) is 237 Å². The second-order valence-corrected chi connectivity index (χ2v) is 28.8. The van der Waals surface area contributed by atoms with E-state index in [0.29, 0.717) is 25.7 Å². The summed E-state index contributed by atoms with van der Waals surface area (Å²) in [7, 11) is -9.94. The maximum Gasteiger partial charge on any atom is 0.472 e. The van der Waals surface area contributed by atoms with Crippen LogP contribution in [0.5, 0.6) is 0 Å². The Morgan fingerprint density at radius 3 is 0.802 bits per heavy atom. The van der Waals surface area contributed by atoms with Gasteiger partial charge < -0.3 is 33.8 Å². The molecule has 0 fully saturated rings. The molecule has 19 heteroatoms. The number of carbonyl (C=O) groups excluding carboxylic acids is 4. The van der Waals surface area contributed by atoms with E-state index in [4.69, 9.17) is 37.0 Å². The van der Waals surface area contributed by atoms with Crippen molar-refractivity contribution in [3.63, 3.8) is 0 Å². The van der Waals surface area contributed by atoms with E-state index in [9.17, 15) is 43.2 Å². The molecule has 0 saturated carbocycles. The van der Waals surface area contributed by atoms with Crippen LogP contribution in [0, 0.1) is 0 Å². The first-order valence-electron chi connectivity index (χ1n) is 38.5. The van der Waals surface area contributed by atoms with Gasteiger partial charge in [0.1, 0.15) is 19.3 Å². The van der Waals surface area contributed by atoms with Crippen molar-refractivity contribution in [2.75, 3.05) is 39.6 Å². The third kappa shape index (κ3) is 69.2. The predicted octanol–water partition coefficient (Wildman–Crippen LogP) is 21.9. The fourth-order valence-electron chi connectivity index (χ4n) is 10.5. The van der Waals surface area contributed by atoms with E-state index in [2.05, 4.69) is 88.5 Å². The Morgan fingerprint density at radius 1 is 0.292 bits per heavy atom. The predicted molar refractivity (Wildman–Crippen MR) is 390 cm³/mol. The van der Waals surface area contributed by atoms with E-state index in [1.807, 2.05) is 0 Å². The van der Waals surface area contributed by atoms with Crippen molar-refractivity contribution >= 4 is 39.5 Å². The molecule has 0 aromatic heterocycles. The summed E-state index contributed by atoms with van der Waals surface area (Å²) in [5.74, 6) is -2.19. The molecule has 0 aromatic rings. The van der Waals surface area contributed by atoms with Crippen molar-refractivity contribution in [2.24, 2.45) is 0 Å². The number of aliphatic hydroxyl groups is 1. The van der Waals surface area contributed by atoms with Crippen LogP contribution in [0.25, 0.3) is 0 Å². The summed E-state index contributed by atoms with van der Waals surface area (Å²) in [5, 5.41) is 10.6. The van der Waals surface area contributed by atoms with Gasteiger partial charge in [0.15, 0.2) is 12.2 Å². The van der Waals surface area contributed by atoms with Gasteiger partial charge in [-0.3, -0.25) is 37.3 Å². The molecule has 0 aliphatic rings. The Balaban J connectivity index is 5.34. The lowest BCUT2D eigenvalue weighted by atomic mass is 10.1. The van der Waals surface area contributed by atoms with E-state index in [1.165, 1.54) is 96.3 Å². The van der Waals surface area contributed by atoms with Crippen LogP contribution >= 0.6 is 15.6 Å². The normalized spacial score (nSPS) is 14.3. The van der Waals surface area contributed by atoms with Crippen LogP contribution in [-0.2, 0) is 65.4 Å². The van der Waals surface area contributed by atoms with Gasteiger partial charge in [-0.1, -0.05) is 249 Å². The van der Waals surface area contributed by atoms with Gasteiger partial charge in [-0.05, 0) is 135 Å². The molecule has 0 aromatic carbocycles. The number of carbonyl (C=O) groups is 4. The summed E-state index contributed by atoms with van der Waals surface area (Å²) >= 11 is 0. The summed E-state index contributed by atoms with van der Waals surface area (Å²) in [5.41, 5.74) is 0. The third-order valence-electron chi connectivity index (χ3n) is 16.4. The largest absolute Gasteiger partial charge is 0.472 e. The van der Waals surface area contributed by atoms with Crippen LogP contribution in [-0.4, -0.2) is 96.7 Å². The van der Waals surface area contributed by atoms with Gasteiger partial charge in [0.2, 0.25) is 0 Å². The zero-order valence-electron chi connectivity index (χ0n) is 61.1. The van der Waals surface area contributed by atoms with Gasteiger partial charge in [-0.2, -0.15) is 0 Å². The summed E-state index contributed by atoms with van der Waals surface area (Å²) in [6, 6.07) is 0. The van der Waals surface area contributed by atoms with E-state index in [-0.39, 0.29) is 25.7 Å². The smallest absolute Gasteiger partial charge is 0.462 e. The van der Waals surface area contributed by atoms with Gasteiger partial charge in [0, 0.05) is 25.7 Å². The number of rotatable bonds is 73. The fraction of sp³-hybridized carbons (Fsp3) is 0.818. The van der Waals surface area contributed by atoms with Crippen LogP contribution in [0.4, 0.5) is 0 Å². The van der Waals surface area contributed by atoms with Crippen LogP contribution in [0.1, 0.15) is 349 Å². The molecule has 0 bridgehead atoms. The number of phosphoric acid groups is 2. The highest BCUT2D eigenvalue weighted by molar-refractivity contribution is 7.47. The average molecular weight is 1400 g/mol. The molecule has 0 amide bonds. The highest BCUT2D eigenvalue weighted by atomic mass is 31.2. The highest BCUT2D eigenvalue weighted by Gasteiger charge is 2.30. The van der Waals surface area contributed by atoms with Gasteiger partial charge in [-0.25, -0.2) is 9.13 Å². The van der Waals surface area contributed by atoms with Crippen LogP contribution in [0.2, 0.25) is 0 Å². The van der Waals surface area contributed by atoms with Crippen molar-refractivity contribution in [2.45, 2.75) is 367 Å². The second-order valence-electron chi connectivity index (χ2n) is 25.9. The van der Waals surface area contributed by atoms with E-state index >= 15 is 0 Å². The van der Waals surface area contributed by atoms with Crippen molar-refractivity contribution in [3.05, 3.63) is 60.8 Å². The number of hydrogen-bond acceptors (Lipinski definition) is 15. The third-order valence-corrected chi connectivity index (χ3v) is 18.3. The van der Waals surface area contributed by atoms with Crippen LogP contribution in [0.3, 0.4) is 0 Å². The molecule has 0 spiro atoms. The molecule has 3 N–H and O–H groups in total. The first-order chi connectivity index (χ1) is 46.7. The lowest BCUT2D eigenvalue weighted by molar-refractivity contribution is -0.161. The van der Waals surface area contributed by atoms with Crippen molar-refractivity contribution in [3.8, 4) is 0 Å². The van der Waals surface area contributed by atoms with Crippen LogP contribution in [0.15, 0.2) is 60.8 Å². The lowest BCUT2D eigenvalue weighted by Crippen LogP contribution is -2.30. The fourth-order valence-corrected chi connectivity index (χ4v) is 12.0.